The number of fused-ring (bicyclic) bond motifs is 3. The molecule has 4 aliphatic rings. The summed E-state index contributed by atoms with van der Waals surface area (Å²) in [5.41, 5.74) is 34.6. The maximum Gasteiger partial charge on any atom is 0.287 e. The van der Waals surface area contributed by atoms with E-state index in [1.807, 2.05) is 50.7 Å². The van der Waals surface area contributed by atoms with Gasteiger partial charge in [-0.25, -0.2) is 33.6 Å². The highest BCUT2D eigenvalue weighted by molar-refractivity contribution is 5.88. The number of hydrogen-bond acceptors (Lipinski definition) is 8. The van der Waals surface area contributed by atoms with Crippen LogP contribution >= 0.6 is 0 Å². The molecule has 0 atom stereocenters. The third-order valence-electron chi connectivity index (χ3n) is 17.8. The first-order valence-electron chi connectivity index (χ1n) is 29.9. The van der Waals surface area contributed by atoms with E-state index in [9.17, 15) is 0 Å². The van der Waals surface area contributed by atoms with Crippen molar-refractivity contribution in [2.45, 2.75) is 140 Å². The summed E-state index contributed by atoms with van der Waals surface area (Å²) >= 11 is 0. The van der Waals surface area contributed by atoms with Crippen LogP contribution in [0.3, 0.4) is 0 Å². The monoisotopic (exact) mass is 1110 g/mol. The Balaban J connectivity index is 0.000000132. The van der Waals surface area contributed by atoms with Crippen molar-refractivity contribution in [2.24, 2.45) is 21.1 Å². The van der Waals surface area contributed by atoms with E-state index in [1.54, 1.807) is 0 Å². The molecule has 0 radical (unpaired) electrons. The Morgan fingerprint density at radius 1 is 0.417 bits per heavy atom. The molecular weight excluding hydrogens is 1030 g/mol. The van der Waals surface area contributed by atoms with Crippen LogP contribution in [-0.2, 0) is 40.4 Å². The van der Waals surface area contributed by atoms with Gasteiger partial charge in [0.1, 0.15) is 28.7 Å². The van der Waals surface area contributed by atoms with Crippen LogP contribution in [0.4, 0.5) is 0 Å². The van der Waals surface area contributed by atoms with Crippen molar-refractivity contribution in [3.63, 3.8) is 0 Å². The zero-order valence-electron chi connectivity index (χ0n) is 52.0. The van der Waals surface area contributed by atoms with E-state index in [0.29, 0.717) is 11.8 Å². The fourth-order valence-corrected chi connectivity index (χ4v) is 13.0. The molecule has 11 nitrogen and oxygen atoms in total. The van der Waals surface area contributed by atoms with Crippen molar-refractivity contribution in [1.82, 2.24) is 39.9 Å². The van der Waals surface area contributed by atoms with Crippen molar-refractivity contribution in [3.8, 4) is 33.8 Å². The minimum absolute atomic E-state index is 0.329. The number of allylic oxidation sites excluding steroid dienone is 3. The molecule has 84 heavy (non-hydrogen) atoms. The molecule has 1 fully saturated rings. The summed E-state index contributed by atoms with van der Waals surface area (Å²) in [6.45, 7) is 25.8. The van der Waals surface area contributed by atoms with Gasteiger partial charge in [0.2, 0.25) is 0 Å². The second-order valence-corrected chi connectivity index (χ2v) is 24.3. The number of benzene rings is 3. The van der Waals surface area contributed by atoms with Gasteiger partial charge >= 0.3 is 0 Å². The lowest BCUT2D eigenvalue weighted by atomic mass is 9.94. The molecular formula is C73H80N11+3. The summed E-state index contributed by atoms with van der Waals surface area (Å²) in [6, 6.07) is 18.1. The molecule has 1 saturated carbocycles. The summed E-state index contributed by atoms with van der Waals surface area (Å²) in [5.74, 6) is 2.64. The summed E-state index contributed by atoms with van der Waals surface area (Å²) in [7, 11) is 6.26. The molecule has 4 aliphatic carbocycles. The Morgan fingerprint density at radius 3 is 1.13 bits per heavy atom. The Bertz CT molecular complexity index is 4140. The van der Waals surface area contributed by atoms with Crippen LogP contribution in [0.25, 0.3) is 50.5 Å². The second-order valence-electron chi connectivity index (χ2n) is 24.3. The Labute approximate surface area is 497 Å². The summed E-state index contributed by atoms with van der Waals surface area (Å²) < 4.78 is 6.47. The number of aryl methyl sites for hydroxylation is 10. The molecule has 0 aliphatic heterocycles. The summed E-state index contributed by atoms with van der Waals surface area (Å²) in [6.07, 6.45) is 30.2. The average molecular weight is 1110 g/mol. The molecule has 424 valence electrons. The molecule has 0 bridgehead atoms. The smallest absolute Gasteiger partial charge is 0.260 e. The van der Waals surface area contributed by atoms with Gasteiger partial charge in [0, 0.05) is 118 Å². The van der Waals surface area contributed by atoms with E-state index >= 15 is 0 Å². The Kier molecular flexibility index (Phi) is 16.1. The first-order valence-corrected chi connectivity index (χ1v) is 29.9. The van der Waals surface area contributed by atoms with E-state index < -0.39 is 0 Å². The van der Waals surface area contributed by atoms with Gasteiger partial charge in [-0.1, -0.05) is 85.9 Å². The number of nitrogens with zero attached hydrogens (tertiary/aromatic N) is 11. The van der Waals surface area contributed by atoms with Gasteiger partial charge in [0.15, 0.2) is 17.1 Å². The highest BCUT2D eigenvalue weighted by Crippen LogP contribution is 2.41. The van der Waals surface area contributed by atoms with Crippen molar-refractivity contribution in [3.05, 3.63) is 235 Å². The Hall–Kier alpha value is -8.57. The zero-order chi connectivity index (χ0) is 59.2. The van der Waals surface area contributed by atoms with Gasteiger partial charge in [-0.3, -0.25) is 4.98 Å². The lowest BCUT2D eigenvalue weighted by molar-refractivity contribution is -0.664. The zero-order valence-corrected chi connectivity index (χ0v) is 52.0. The van der Waals surface area contributed by atoms with Crippen molar-refractivity contribution < 1.29 is 13.7 Å². The fraction of sp³-hybridized carbons (Fsp3) is 0.329. The highest BCUT2D eigenvalue weighted by Gasteiger charge is 2.33. The first-order chi connectivity index (χ1) is 40.3. The predicted octanol–water partition coefficient (Wildman–Crippen LogP) is 13.5. The van der Waals surface area contributed by atoms with Crippen molar-refractivity contribution in [2.75, 3.05) is 0 Å². The maximum absolute atomic E-state index is 4.84. The lowest BCUT2D eigenvalue weighted by Crippen LogP contribution is -2.33. The molecule has 0 spiro atoms. The quantitative estimate of drug-likeness (QED) is 0.138. The second kappa shape index (κ2) is 23.6. The largest absolute Gasteiger partial charge is 0.287 e. The minimum Gasteiger partial charge on any atom is -0.260 e. The molecule has 0 saturated heterocycles. The molecule has 0 unspecified atom stereocenters. The first kappa shape index (κ1) is 57.3. The van der Waals surface area contributed by atoms with Crippen molar-refractivity contribution >= 4 is 16.7 Å². The molecule has 6 heterocycles. The average Bonchev–Trinajstić information content (AvgIpc) is 2.42. The van der Waals surface area contributed by atoms with Crippen LogP contribution < -0.4 is 13.7 Å². The topological polar surface area (TPSA) is 115 Å². The SMILES string of the molecule is Cc1cc(C)c(C)c(-c2c3c(nc[n+]2C)C(c2ccc(C4CCCC4)nc2)=CC3)c1.Cc1cc(C)c(C)c(-c2c3c(nc[n+]2C)C(c2cnc(C(C)C)nc2)=CC3)c1.Cc1cc(C)c(C)c(-c2c3c(nc[n+]2C)C(c2cnc(C)nc2)=CC3)c1. The van der Waals surface area contributed by atoms with Crippen LogP contribution in [0.15, 0.2) is 117 Å². The summed E-state index contributed by atoms with van der Waals surface area (Å²) in [4.78, 5) is 37.0. The van der Waals surface area contributed by atoms with E-state index in [-0.39, 0.29) is 0 Å². The molecule has 13 rings (SSSR count). The van der Waals surface area contributed by atoms with Crippen molar-refractivity contribution in [1.29, 1.82) is 0 Å². The number of pyridine rings is 1. The minimum atomic E-state index is 0.329. The third-order valence-corrected chi connectivity index (χ3v) is 17.8. The van der Waals surface area contributed by atoms with Gasteiger partial charge in [0.05, 0.1) is 37.8 Å². The van der Waals surface area contributed by atoms with Crippen LogP contribution in [0.5, 0.6) is 0 Å². The van der Waals surface area contributed by atoms with Crippen LogP contribution in [-0.4, -0.2) is 39.9 Å². The number of rotatable bonds is 8. The van der Waals surface area contributed by atoms with Gasteiger partial charge in [-0.2, -0.15) is 0 Å². The molecule has 11 heteroatoms. The lowest BCUT2D eigenvalue weighted by Gasteiger charge is -2.14. The molecule has 3 aromatic carbocycles. The molecule has 9 aromatic rings. The summed E-state index contributed by atoms with van der Waals surface area (Å²) in [5, 5.41) is 0. The van der Waals surface area contributed by atoms with Gasteiger partial charge < -0.3 is 0 Å². The standard InChI is InChI=1S/C27H30N3.C24H27N4.C22H23N4/c1-17-13-18(2)19(3)24(14-17)27-23-11-10-22(26(23)29-16-30(27)4)21-9-12-25(28-15-21)20-7-5-6-8-20;1-14(2)24-25-11-18(12-26-24)19-7-8-20-22(19)27-13-28(6)23(20)21-10-15(3)9-16(4)17(21)5;1-13-8-14(2)15(3)20(9-13)22-19-7-6-18(21(19)25-12-26(22)5)17-10-23-16(4)24-11-17/h9-10,12-16,20H,5-8,11H2,1-4H3;7,9-14H,8H2,1-6H3;6,8-12H,7H2,1-5H3/q3*+1. The van der Waals surface area contributed by atoms with E-state index in [1.165, 1.54) is 143 Å². The molecule has 6 aromatic heterocycles. The van der Waals surface area contributed by atoms with Gasteiger partial charge in [0.25, 0.3) is 19.0 Å². The third kappa shape index (κ3) is 11.1. The van der Waals surface area contributed by atoms with Crippen LogP contribution in [0.2, 0.25) is 0 Å². The van der Waals surface area contributed by atoms with Crippen LogP contribution in [0, 0.1) is 69.2 Å². The Morgan fingerprint density at radius 2 is 0.774 bits per heavy atom. The molecule has 0 amide bonds. The van der Waals surface area contributed by atoms with Crippen LogP contribution in [0.1, 0.15) is 169 Å². The van der Waals surface area contributed by atoms with Gasteiger partial charge in [-0.15, -0.1) is 0 Å². The number of aromatic nitrogens is 11. The van der Waals surface area contributed by atoms with E-state index in [0.717, 1.165) is 70.3 Å². The number of hydrogen-bond donors (Lipinski definition) is 0. The highest BCUT2D eigenvalue weighted by atomic mass is 15.0. The van der Waals surface area contributed by atoms with E-state index in [4.69, 9.17) is 19.9 Å². The molecule has 0 N–H and O–H groups in total. The normalized spacial score (nSPS) is 14.1. The fourth-order valence-electron chi connectivity index (χ4n) is 13.0. The van der Waals surface area contributed by atoms with E-state index in [2.05, 4.69) is 204 Å². The maximum atomic E-state index is 4.84. The van der Waals surface area contributed by atoms with Gasteiger partial charge in [-0.05, 0) is 155 Å². The predicted molar refractivity (Wildman–Crippen MR) is 336 cm³/mol.